The summed E-state index contributed by atoms with van der Waals surface area (Å²) in [7, 11) is 0. The van der Waals surface area contributed by atoms with Crippen LogP contribution in [0, 0.1) is 0 Å². The Morgan fingerprint density at radius 2 is 2.10 bits per heavy atom. The zero-order valence-electron chi connectivity index (χ0n) is 11.6. The summed E-state index contributed by atoms with van der Waals surface area (Å²) < 4.78 is 27.2. The quantitative estimate of drug-likeness (QED) is 0.896. The zero-order valence-corrected chi connectivity index (χ0v) is 11.6. The molecular formula is C15H20F2N2O. The van der Waals surface area contributed by atoms with Gasteiger partial charge in [-0.2, -0.15) is 0 Å². The van der Waals surface area contributed by atoms with E-state index in [1.54, 1.807) is 0 Å². The molecule has 1 amide bonds. The number of halogens is 2. The molecule has 110 valence electrons. The van der Waals surface area contributed by atoms with Gasteiger partial charge in [0.1, 0.15) is 12.8 Å². The van der Waals surface area contributed by atoms with Crippen LogP contribution in [0.1, 0.15) is 18.9 Å². The molecule has 0 aliphatic carbocycles. The number of benzene rings is 1. The Bertz CT molecular complexity index is 441. The molecule has 1 saturated heterocycles. The third kappa shape index (κ3) is 3.54. The SMILES string of the molecule is CC(=O)NCC1C(F)CC(CF)N1Cc1ccccc1. The minimum absolute atomic E-state index is 0.188. The molecule has 3 atom stereocenters. The molecular weight excluding hydrogens is 262 g/mol. The molecule has 0 aromatic heterocycles. The summed E-state index contributed by atoms with van der Waals surface area (Å²) >= 11 is 0. The van der Waals surface area contributed by atoms with Crippen molar-refractivity contribution in [2.75, 3.05) is 13.2 Å². The van der Waals surface area contributed by atoms with Gasteiger partial charge in [-0.05, 0) is 12.0 Å². The highest BCUT2D eigenvalue weighted by Crippen LogP contribution is 2.29. The first-order valence-corrected chi connectivity index (χ1v) is 6.86. The van der Waals surface area contributed by atoms with E-state index < -0.39 is 24.9 Å². The van der Waals surface area contributed by atoms with Crippen molar-refractivity contribution in [3.8, 4) is 0 Å². The van der Waals surface area contributed by atoms with Gasteiger partial charge < -0.3 is 5.32 Å². The van der Waals surface area contributed by atoms with Crippen molar-refractivity contribution in [3.05, 3.63) is 35.9 Å². The van der Waals surface area contributed by atoms with Gasteiger partial charge in [0.25, 0.3) is 0 Å². The van der Waals surface area contributed by atoms with E-state index >= 15 is 0 Å². The summed E-state index contributed by atoms with van der Waals surface area (Å²) in [6, 6.07) is 8.74. The number of nitrogens with zero attached hydrogens (tertiary/aromatic N) is 1. The van der Waals surface area contributed by atoms with Crippen molar-refractivity contribution in [2.45, 2.75) is 38.1 Å². The summed E-state index contributed by atoms with van der Waals surface area (Å²) in [5.74, 6) is -0.194. The lowest BCUT2D eigenvalue weighted by Crippen LogP contribution is -2.45. The van der Waals surface area contributed by atoms with Crippen LogP contribution in [0.25, 0.3) is 0 Å². The topological polar surface area (TPSA) is 32.3 Å². The van der Waals surface area contributed by atoms with E-state index in [0.29, 0.717) is 6.54 Å². The van der Waals surface area contributed by atoms with E-state index in [2.05, 4.69) is 5.32 Å². The molecule has 1 heterocycles. The molecule has 1 aromatic rings. The second kappa shape index (κ2) is 6.79. The number of hydrogen-bond acceptors (Lipinski definition) is 2. The third-order valence-electron chi connectivity index (χ3n) is 3.76. The van der Waals surface area contributed by atoms with Gasteiger partial charge in [0.05, 0.1) is 6.04 Å². The fraction of sp³-hybridized carbons (Fsp3) is 0.533. The van der Waals surface area contributed by atoms with Gasteiger partial charge in [0.15, 0.2) is 0 Å². The van der Waals surface area contributed by atoms with Crippen molar-refractivity contribution < 1.29 is 13.6 Å². The van der Waals surface area contributed by atoms with E-state index in [-0.39, 0.29) is 18.9 Å². The lowest BCUT2D eigenvalue weighted by molar-refractivity contribution is -0.119. The van der Waals surface area contributed by atoms with Crippen molar-refractivity contribution in [1.82, 2.24) is 10.2 Å². The van der Waals surface area contributed by atoms with Crippen LogP contribution in [0.3, 0.4) is 0 Å². The molecule has 0 bridgehead atoms. The van der Waals surface area contributed by atoms with E-state index in [4.69, 9.17) is 0 Å². The minimum Gasteiger partial charge on any atom is -0.355 e. The monoisotopic (exact) mass is 282 g/mol. The smallest absolute Gasteiger partial charge is 0.216 e. The largest absolute Gasteiger partial charge is 0.355 e. The summed E-state index contributed by atoms with van der Waals surface area (Å²) in [5.41, 5.74) is 1.02. The molecule has 2 rings (SSSR count). The van der Waals surface area contributed by atoms with Crippen LogP contribution in [-0.2, 0) is 11.3 Å². The van der Waals surface area contributed by atoms with E-state index in [1.807, 2.05) is 35.2 Å². The van der Waals surface area contributed by atoms with E-state index in [9.17, 15) is 13.6 Å². The molecule has 20 heavy (non-hydrogen) atoms. The van der Waals surface area contributed by atoms with Crippen molar-refractivity contribution in [1.29, 1.82) is 0 Å². The second-order valence-corrected chi connectivity index (χ2v) is 5.22. The molecule has 3 nitrogen and oxygen atoms in total. The average Bonchev–Trinajstić information content (AvgIpc) is 2.73. The maximum absolute atomic E-state index is 14.1. The molecule has 1 aromatic carbocycles. The number of nitrogens with one attached hydrogen (secondary N) is 1. The standard InChI is InChI=1S/C15H20F2N2O/c1-11(20)18-9-15-14(17)7-13(8-16)19(15)10-12-5-3-2-4-6-12/h2-6,13-15H,7-10H2,1H3,(H,18,20). The maximum Gasteiger partial charge on any atom is 0.216 e. The predicted octanol–water partition coefficient (Wildman–Crippen LogP) is 2.07. The number of rotatable bonds is 5. The third-order valence-corrected chi connectivity index (χ3v) is 3.76. The summed E-state index contributed by atoms with van der Waals surface area (Å²) in [6.07, 6.45) is -0.917. The molecule has 1 N–H and O–H groups in total. The Kier molecular flexibility index (Phi) is 5.06. The van der Waals surface area contributed by atoms with Crippen molar-refractivity contribution in [2.24, 2.45) is 0 Å². The summed E-state index contributed by atoms with van der Waals surface area (Å²) in [6.45, 7) is 1.56. The van der Waals surface area contributed by atoms with Gasteiger partial charge in [0.2, 0.25) is 5.91 Å². The molecule has 5 heteroatoms. The zero-order chi connectivity index (χ0) is 14.5. The summed E-state index contributed by atoms with van der Waals surface area (Å²) in [5, 5.41) is 2.64. The van der Waals surface area contributed by atoms with Gasteiger partial charge in [-0.3, -0.25) is 9.69 Å². The molecule has 1 aliphatic heterocycles. The molecule has 0 saturated carbocycles. The first-order valence-electron chi connectivity index (χ1n) is 6.86. The van der Waals surface area contributed by atoms with Crippen LogP contribution in [0.15, 0.2) is 30.3 Å². The number of carbonyl (C=O) groups excluding carboxylic acids is 1. The molecule has 1 fully saturated rings. The highest BCUT2D eigenvalue weighted by molar-refractivity contribution is 5.72. The molecule has 0 spiro atoms. The Labute approximate surface area is 118 Å². The fourth-order valence-electron chi connectivity index (χ4n) is 2.72. The van der Waals surface area contributed by atoms with Crippen molar-refractivity contribution >= 4 is 5.91 Å². The predicted molar refractivity (Wildman–Crippen MR) is 73.7 cm³/mol. The minimum atomic E-state index is -1.11. The number of alkyl halides is 2. The van der Waals surface area contributed by atoms with E-state index in [1.165, 1.54) is 6.92 Å². The van der Waals surface area contributed by atoms with Gasteiger partial charge in [-0.15, -0.1) is 0 Å². The number of likely N-dealkylation sites (tertiary alicyclic amines) is 1. The second-order valence-electron chi connectivity index (χ2n) is 5.22. The lowest BCUT2D eigenvalue weighted by atomic mass is 10.1. The molecule has 3 unspecified atom stereocenters. The lowest BCUT2D eigenvalue weighted by Gasteiger charge is -2.29. The van der Waals surface area contributed by atoms with Gasteiger partial charge >= 0.3 is 0 Å². The maximum atomic E-state index is 14.1. The van der Waals surface area contributed by atoms with Crippen molar-refractivity contribution in [3.63, 3.8) is 0 Å². The van der Waals surface area contributed by atoms with E-state index in [0.717, 1.165) is 5.56 Å². The van der Waals surface area contributed by atoms with Crippen LogP contribution >= 0.6 is 0 Å². The Morgan fingerprint density at radius 3 is 2.70 bits per heavy atom. The summed E-state index contributed by atoms with van der Waals surface area (Å²) in [4.78, 5) is 12.8. The van der Waals surface area contributed by atoms with Crippen LogP contribution < -0.4 is 5.32 Å². The highest BCUT2D eigenvalue weighted by Gasteiger charge is 2.41. The van der Waals surface area contributed by atoms with Gasteiger partial charge in [-0.1, -0.05) is 30.3 Å². The first kappa shape index (κ1) is 14.9. The Hall–Kier alpha value is -1.49. The highest BCUT2D eigenvalue weighted by atomic mass is 19.1. The normalized spacial score (nSPS) is 26.6. The average molecular weight is 282 g/mol. The number of hydrogen-bond donors (Lipinski definition) is 1. The Balaban J connectivity index is 2.09. The number of amides is 1. The Morgan fingerprint density at radius 1 is 1.40 bits per heavy atom. The fourth-order valence-corrected chi connectivity index (χ4v) is 2.72. The van der Waals surface area contributed by atoms with Crippen LogP contribution in [0.5, 0.6) is 0 Å². The van der Waals surface area contributed by atoms with Crippen LogP contribution in [0.2, 0.25) is 0 Å². The molecule has 0 radical (unpaired) electrons. The molecule has 1 aliphatic rings. The first-order chi connectivity index (χ1) is 9.61. The van der Waals surface area contributed by atoms with Crippen LogP contribution in [-0.4, -0.2) is 42.3 Å². The van der Waals surface area contributed by atoms with Gasteiger partial charge in [-0.25, -0.2) is 8.78 Å². The van der Waals surface area contributed by atoms with Crippen LogP contribution in [0.4, 0.5) is 8.78 Å². The van der Waals surface area contributed by atoms with Gasteiger partial charge in [0, 0.05) is 26.1 Å². The number of carbonyl (C=O) groups is 1.